The van der Waals surface area contributed by atoms with E-state index in [1.54, 1.807) is 0 Å². The van der Waals surface area contributed by atoms with Crippen LogP contribution in [0.1, 0.15) is 55.4 Å². The average Bonchev–Trinajstić information content (AvgIpc) is 2.14. The molecule has 0 aromatic rings. The van der Waals surface area contributed by atoms with E-state index in [4.69, 9.17) is 0 Å². The fourth-order valence-electron chi connectivity index (χ4n) is 3.63. The molecular formula is C15H34N2Si. The zero-order chi connectivity index (χ0) is 14.7. The Morgan fingerprint density at radius 1 is 0.722 bits per heavy atom. The van der Waals surface area contributed by atoms with Crippen molar-refractivity contribution < 1.29 is 0 Å². The summed E-state index contributed by atoms with van der Waals surface area (Å²) in [6, 6.07) is 2.22. The van der Waals surface area contributed by atoms with Crippen molar-refractivity contribution in [3.8, 4) is 0 Å². The highest BCUT2D eigenvalue weighted by atomic mass is 28.3. The van der Waals surface area contributed by atoms with Crippen molar-refractivity contribution in [2.24, 2.45) is 0 Å². The predicted octanol–water partition coefficient (Wildman–Crippen LogP) is 4.02. The third-order valence-corrected chi connectivity index (χ3v) is 8.59. The molecule has 0 saturated carbocycles. The molecule has 108 valence electrons. The third kappa shape index (κ3) is 3.69. The molecule has 2 nitrogen and oxygen atoms in total. The molecule has 0 heterocycles. The molecule has 0 saturated heterocycles. The third-order valence-electron chi connectivity index (χ3n) is 3.66. The fraction of sp³-hybridized carbons (Fsp3) is 0.867. The lowest BCUT2D eigenvalue weighted by Gasteiger charge is -2.52. The van der Waals surface area contributed by atoms with Crippen LogP contribution in [0.3, 0.4) is 0 Å². The van der Waals surface area contributed by atoms with Crippen LogP contribution in [0.5, 0.6) is 0 Å². The van der Waals surface area contributed by atoms with Gasteiger partial charge < -0.3 is 9.13 Å². The summed E-state index contributed by atoms with van der Waals surface area (Å²) < 4.78 is 5.36. The Bertz CT molecular complexity index is 223. The van der Waals surface area contributed by atoms with Gasteiger partial charge in [-0.25, -0.2) is 0 Å². The Kier molecular flexibility index (Phi) is 6.83. The molecule has 0 unspecified atom stereocenters. The van der Waals surface area contributed by atoms with Crippen molar-refractivity contribution in [1.29, 1.82) is 0 Å². The molecule has 0 rings (SSSR count). The minimum atomic E-state index is -1.80. The Labute approximate surface area is 116 Å². The van der Waals surface area contributed by atoms with E-state index in [1.165, 1.54) is 0 Å². The quantitative estimate of drug-likeness (QED) is 0.645. The number of hydrogen-bond acceptors (Lipinski definition) is 2. The van der Waals surface area contributed by atoms with Gasteiger partial charge >= 0.3 is 0 Å². The van der Waals surface area contributed by atoms with E-state index in [9.17, 15) is 0 Å². The highest BCUT2D eigenvalue weighted by Crippen LogP contribution is 2.26. The standard InChI is InChI=1S/C15H34N2Si/c1-11-18(10,16(12(2)3)13(4)5)17(14(6)7)15(8)9/h11-15H,1H2,2-10H3. The van der Waals surface area contributed by atoms with Gasteiger partial charge in [0.15, 0.2) is 0 Å². The van der Waals surface area contributed by atoms with Crippen LogP contribution >= 0.6 is 0 Å². The highest BCUT2D eigenvalue weighted by Gasteiger charge is 2.43. The van der Waals surface area contributed by atoms with Gasteiger partial charge in [0.25, 0.3) is 0 Å². The van der Waals surface area contributed by atoms with Gasteiger partial charge in [0, 0.05) is 0 Å². The molecule has 0 aromatic carbocycles. The number of rotatable bonds is 7. The van der Waals surface area contributed by atoms with Crippen LogP contribution in [-0.4, -0.2) is 41.7 Å². The van der Waals surface area contributed by atoms with Crippen LogP contribution in [0.4, 0.5) is 0 Å². The highest BCUT2D eigenvalue weighted by molar-refractivity contribution is 6.78. The molecule has 0 N–H and O–H groups in total. The lowest BCUT2D eigenvalue weighted by Crippen LogP contribution is -2.69. The molecular weight excluding hydrogens is 236 g/mol. The normalized spacial score (nSPS) is 13.7. The van der Waals surface area contributed by atoms with E-state index in [-0.39, 0.29) is 0 Å². The number of nitrogens with zero attached hydrogens (tertiary/aromatic N) is 2. The lowest BCUT2D eigenvalue weighted by atomic mass is 10.3. The molecule has 0 aliphatic rings. The van der Waals surface area contributed by atoms with E-state index in [0.29, 0.717) is 24.2 Å². The molecule has 0 aliphatic heterocycles. The van der Waals surface area contributed by atoms with Gasteiger partial charge in [-0.2, -0.15) is 0 Å². The lowest BCUT2D eigenvalue weighted by molar-refractivity contribution is 0.212. The summed E-state index contributed by atoms with van der Waals surface area (Å²) >= 11 is 0. The second kappa shape index (κ2) is 6.87. The molecule has 0 bridgehead atoms. The van der Waals surface area contributed by atoms with E-state index in [2.05, 4.69) is 83.3 Å². The SMILES string of the molecule is C=C[Si](C)(N(C(C)C)C(C)C)N(C(C)C)C(C)C. The first-order valence-corrected chi connectivity index (χ1v) is 9.77. The van der Waals surface area contributed by atoms with Gasteiger partial charge in [-0.3, -0.25) is 0 Å². The van der Waals surface area contributed by atoms with Crippen molar-refractivity contribution in [2.75, 3.05) is 0 Å². The van der Waals surface area contributed by atoms with E-state index in [1.807, 2.05) is 0 Å². The molecule has 0 aliphatic carbocycles. The summed E-state index contributed by atoms with van der Waals surface area (Å²) in [5.74, 6) is 0. The first-order chi connectivity index (χ1) is 8.09. The van der Waals surface area contributed by atoms with E-state index < -0.39 is 8.40 Å². The molecule has 0 radical (unpaired) electrons. The molecule has 0 amide bonds. The Balaban J connectivity index is 5.61. The largest absolute Gasteiger partial charge is 0.304 e. The van der Waals surface area contributed by atoms with Gasteiger partial charge in [-0.1, -0.05) is 61.1 Å². The predicted molar refractivity (Wildman–Crippen MR) is 86.0 cm³/mol. The van der Waals surface area contributed by atoms with Crippen LogP contribution in [-0.2, 0) is 0 Å². The first kappa shape index (κ1) is 17.9. The molecule has 18 heavy (non-hydrogen) atoms. The topological polar surface area (TPSA) is 6.48 Å². The van der Waals surface area contributed by atoms with Crippen molar-refractivity contribution in [2.45, 2.75) is 86.1 Å². The molecule has 0 aromatic heterocycles. The molecule has 0 fully saturated rings. The maximum absolute atomic E-state index is 4.18. The van der Waals surface area contributed by atoms with Crippen LogP contribution in [0.2, 0.25) is 6.55 Å². The summed E-state index contributed by atoms with van der Waals surface area (Å²) in [6.45, 7) is 25.0. The van der Waals surface area contributed by atoms with Crippen LogP contribution in [0, 0.1) is 0 Å². The maximum atomic E-state index is 4.18. The Morgan fingerprint density at radius 3 is 1.06 bits per heavy atom. The molecule has 0 spiro atoms. The van der Waals surface area contributed by atoms with Crippen molar-refractivity contribution >= 4 is 8.40 Å². The monoisotopic (exact) mass is 270 g/mol. The van der Waals surface area contributed by atoms with Crippen molar-refractivity contribution in [3.05, 3.63) is 12.3 Å². The zero-order valence-corrected chi connectivity index (χ0v) is 15.0. The first-order valence-electron chi connectivity index (χ1n) is 7.30. The zero-order valence-electron chi connectivity index (χ0n) is 14.0. The number of hydrogen-bond donors (Lipinski definition) is 0. The van der Waals surface area contributed by atoms with Crippen LogP contribution in [0.15, 0.2) is 12.3 Å². The minimum absolute atomic E-state index is 0.555. The van der Waals surface area contributed by atoms with Gasteiger partial charge in [0.1, 0.15) is 0 Å². The van der Waals surface area contributed by atoms with E-state index >= 15 is 0 Å². The van der Waals surface area contributed by atoms with Gasteiger partial charge in [0.05, 0.1) is 0 Å². The van der Waals surface area contributed by atoms with Crippen LogP contribution < -0.4 is 0 Å². The summed E-state index contributed by atoms with van der Waals surface area (Å²) in [7, 11) is -1.80. The average molecular weight is 271 g/mol. The summed E-state index contributed by atoms with van der Waals surface area (Å²) in [5, 5.41) is 0. The fourth-order valence-corrected chi connectivity index (χ4v) is 8.50. The maximum Gasteiger partial charge on any atom is 0.229 e. The second-order valence-electron chi connectivity index (χ2n) is 6.49. The van der Waals surface area contributed by atoms with Gasteiger partial charge in [-0.15, -0.1) is 6.58 Å². The van der Waals surface area contributed by atoms with Crippen molar-refractivity contribution in [3.63, 3.8) is 0 Å². The van der Waals surface area contributed by atoms with Crippen LogP contribution in [0.25, 0.3) is 0 Å². The summed E-state index contributed by atoms with van der Waals surface area (Å²) in [6.07, 6.45) is 0. The molecule has 0 atom stereocenters. The summed E-state index contributed by atoms with van der Waals surface area (Å²) in [5.41, 5.74) is 2.24. The van der Waals surface area contributed by atoms with Gasteiger partial charge in [-0.05, 0) is 30.7 Å². The van der Waals surface area contributed by atoms with E-state index in [0.717, 1.165) is 0 Å². The Hall–Kier alpha value is -0.123. The smallest absolute Gasteiger partial charge is 0.229 e. The summed E-state index contributed by atoms with van der Waals surface area (Å²) in [4.78, 5) is 0. The Morgan fingerprint density at radius 2 is 0.944 bits per heavy atom. The van der Waals surface area contributed by atoms with Crippen molar-refractivity contribution in [1.82, 2.24) is 9.13 Å². The molecule has 3 heteroatoms. The second-order valence-corrected chi connectivity index (χ2v) is 10.1. The van der Waals surface area contributed by atoms with Gasteiger partial charge in [0.2, 0.25) is 8.40 Å². The minimum Gasteiger partial charge on any atom is -0.304 e.